The first-order valence-corrected chi connectivity index (χ1v) is 15.4. The molecule has 0 aromatic rings. The molecule has 5 aliphatic rings. The van der Waals surface area contributed by atoms with Crippen molar-refractivity contribution in [3.05, 3.63) is 0 Å². The fraction of sp³-hybridized carbons (Fsp3) is 0.875. The molecular weight excluding hydrogens is 665 g/mol. The molecule has 0 spiro atoms. The molecule has 0 aromatic heterocycles. The van der Waals surface area contributed by atoms with Crippen molar-refractivity contribution in [3.8, 4) is 0 Å². The molecular formula is C24H32Br2Cl2F2N2O5. The lowest BCUT2D eigenvalue weighted by Crippen LogP contribution is -2.74. The van der Waals surface area contributed by atoms with E-state index in [1.165, 1.54) is 0 Å². The molecule has 0 radical (unpaired) electrons. The molecule has 5 aliphatic carbocycles. The van der Waals surface area contributed by atoms with Gasteiger partial charge in [-0.2, -0.15) is 0 Å². The number of Topliss-reactive ketones (excluding diaryl/α,β-unsaturated/α-hetero) is 1. The Hall–Kier alpha value is -0.0700. The van der Waals surface area contributed by atoms with Gasteiger partial charge in [-0.15, -0.1) is 23.2 Å². The Kier molecular flexibility index (Phi) is 9.86. The highest BCUT2D eigenvalue weighted by molar-refractivity contribution is 9.10. The van der Waals surface area contributed by atoms with Gasteiger partial charge in [-0.1, -0.05) is 31.9 Å². The summed E-state index contributed by atoms with van der Waals surface area (Å²) in [6.45, 7) is -0.516. The van der Waals surface area contributed by atoms with Crippen LogP contribution < -0.4 is 10.6 Å². The summed E-state index contributed by atoms with van der Waals surface area (Å²) in [5.41, 5.74) is -1.82. The molecule has 13 heteroatoms. The van der Waals surface area contributed by atoms with Crippen LogP contribution in [0.2, 0.25) is 0 Å². The second-order valence-electron chi connectivity index (χ2n) is 10.7. The van der Waals surface area contributed by atoms with Crippen molar-refractivity contribution < 1.29 is 32.6 Å². The highest BCUT2D eigenvalue weighted by Crippen LogP contribution is 2.48. The molecule has 2 amide bonds. The topological polar surface area (TPSA) is 93.7 Å². The third-order valence-electron chi connectivity index (χ3n) is 8.18. The number of ether oxygens (including phenoxy) is 2. The average Bonchev–Trinajstić information content (AvgIpc) is 2.85. The van der Waals surface area contributed by atoms with E-state index in [0.29, 0.717) is 44.9 Å². The van der Waals surface area contributed by atoms with Crippen molar-refractivity contribution >= 4 is 72.7 Å². The smallest absolute Gasteiger partial charge is 0.246 e. The number of carbonyl (C=O) groups excluding carboxylic acids is 3. The Morgan fingerprint density at radius 1 is 0.892 bits per heavy atom. The lowest BCUT2D eigenvalue weighted by atomic mass is 9.60. The molecule has 8 unspecified atom stereocenters. The predicted molar refractivity (Wildman–Crippen MR) is 142 cm³/mol. The summed E-state index contributed by atoms with van der Waals surface area (Å²) in [5.74, 6) is -1.01. The maximum atomic E-state index is 14.0. The molecule has 8 atom stereocenters. The monoisotopic (exact) mass is 694 g/mol. The molecule has 5 saturated carbocycles. The Morgan fingerprint density at radius 2 is 1.51 bits per heavy atom. The number of halogens is 6. The van der Waals surface area contributed by atoms with Gasteiger partial charge in [0.25, 0.3) is 0 Å². The zero-order valence-electron chi connectivity index (χ0n) is 20.2. The fourth-order valence-corrected chi connectivity index (χ4v) is 8.40. The SMILES string of the molecule is O=C(COC1CCC(Cl)C(F)C1)NC12CCC(NC(=O)COC3CC(F)C(Cl)CC3Br)(CC1)C(Br)C2=O. The number of carbonyl (C=O) groups is 3. The minimum absolute atomic E-state index is 0.107. The van der Waals surface area contributed by atoms with E-state index in [-0.39, 0.29) is 48.7 Å². The fourth-order valence-electron chi connectivity index (χ4n) is 5.88. The van der Waals surface area contributed by atoms with Gasteiger partial charge in [0.05, 0.1) is 38.9 Å². The van der Waals surface area contributed by atoms with Crippen LogP contribution in [0, 0.1) is 0 Å². The Bertz CT molecular complexity index is 882. The first-order chi connectivity index (χ1) is 17.4. The van der Waals surface area contributed by atoms with E-state index >= 15 is 0 Å². The summed E-state index contributed by atoms with van der Waals surface area (Å²) in [4.78, 5) is 37.9. The van der Waals surface area contributed by atoms with E-state index in [4.69, 9.17) is 32.7 Å². The summed E-state index contributed by atoms with van der Waals surface area (Å²) in [7, 11) is 0. The predicted octanol–water partition coefficient (Wildman–Crippen LogP) is 4.02. The maximum absolute atomic E-state index is 14.0. The van der Waals surface area contributed by atoms with Crippen LogP contribution in [0.15, 0.2) is 0 Å². The summed E-state index contributed by atoms with van der Waals surface area (Å²) in [6.07, 6.45) is 0.235. The number of amides is 2. The van der Waals surface area contributed by atoms with E-state index in [1.54, 1.807) is 0 Å². The highest BCUT2D eigenvalue weighted by Gasteiger charge is 2.60. The van der Waals surface area contributed by atoms with Crippen LogP contribution in [0.5, 0.6) is 0 Å². The number of hydrogen-bond acceptors (Lipinski definition) is 5. The van der Waals surface area contributed by atoms with Crippen molar-refractivity contribution in [2.45, 2.75) is 114 Å². The number of fused-ring (bicyclic) bond motifs is 3. The number of alkyl halides is 6. The zero-order chi connectivity index (χ0) is 27.0. The van der Waals surface area contributed by atoms with Crippen LogP contribution in [-0.4, -0.2) is 86.8 Å². The second-order valence-corrected chi connectivity index (χ2v) is 13.9. The van der Waals surface area contributed by atoms with Crippen LogP contribution >= 0.6 is 55.1 Å². The summed E-state index contributed by atoms with van der Waals surface area (Å²) >= 11 is 18.8. The van der Waals surface area contributed by atoms with Crippen molar-refractivity contribution in [1.29, 1.82) is 0 Å². The van der Waals surface area contributed by atoms with Crippen molar-refractivity contribution in [2.24, 2.45) is 0 Å². The number of hydrogen-bond donors (Lipinski definition) is 2. The number of ketones is 1. The Balaban J connectivity index is 1.26. The van der Waals surface area contributed by atoms with Gasteiger partial charge in [0.15, 0.2) is 5.78 Å². The minimum atomic E-state index is -1.20. The molecule has 2 bridgehead atoms. The molecule has 0 aromatic carbocycles. The molecule has 7 nitrogen and oxygen atoms in total. The average molecular weight is 697 g/mol. The van der Waals surface area contributed by atoms with Crippen LogP contribution in [0.3, 0.4) is 0 Å². The van der Waals surface area contributed by atoms with Crippen LogP contribution in [0.25, 0.3) is 0 Å². The van der Waals surface area contributed by atoms with Gasteiger partial charge < -0.3 is 20.1 Å². The van der Waals surface area contributed by atoms with Gasteiger partial charge in [-0.3, -0.25) is 14.4 Å². The number of nitrogens with one attached hydrogen (secondary N) is 2. The quantitative estimate of drug-likeness (QED) is 0.375. The first-order valence-electron chi connectivity index (χ1n) is 12.7. The molecule has 0 aliphatic heterocycles. The molecule has 0 saturated heterocycles. The first kappa shape index (κ1) is 29.9. The van der Waals surface area contributed by atoms with Crippen LogP contribution in [0.4, 0.5) is 8.78 Å². The van der Waals surface area contributed by atoms with E-state index in [0.717, 1.165) is 0 Å². The van der Waals surface area contributed by atoms with Crippen LogP contribution in [-0.2, 0) is 23.9 Å². The summed E-state index contributed by atoms with van der Waals surface area (Å²) < 4.78 is 39.1. The third kappa shape index (κ3) is 6.64. The third-order valence-corrected chi connectivity index (χ3v) is 11.4. The van der Waals surface area contributed by atoms with Gasteiger partial charge in [0, 0.05) is 17.7 Å². The Morgan fingerprint density at radius 3 is 2.19 bits per heavy atom. The zero-order valence-corrected chi connectivity index (χ0v) is 24.9. The largest absolute Gasteiger partial charge is 0.368 e. The van der Waals surface area contributed by atoms with E-state index in [2.05, 4.69) is 42.5 Å². The normalized spacial score (nSPS) is 43.9. The highest BCUT2D eigenvalue weighted by atomic mass is 79.9. The maximum Gasteiger partial charge on any atom is 0.246 e. The van der Waals surface area contributed by atoms with Gasteiger partial charge in [-0.05, 0) is 44.9 Å². The lowest BCUT2D eigenvalue weighted by Gasteiger charge is -2.55. The van der Waals surface area contributed by atoms with Gasteiger partial charge in [0.1, 0.15) is 25.6 Å². The standard InChI is InChI=1S/C24H32Br2Cl2F2N2O5/c25-13-8-15(28)17(30)9-18(13)37-11-20(34)31-23-3-5-24(6-4-23,22(35)21(23)26)32-19(33)10-36-12-1-2-14(27)16(29)7-12/h12-18,21H,1-11H2,(H,31,34)(H,32,33). The molecule has 0 heterocycles. The summed E-state index contributed by atoms with van der Waals surface area (Å²) in [5, 5.41) is 4.73. The lowest BCUT2D eigenvalue weighted by molar-refractivity contribution is -0.144. The molecule has 37 heavy (non-hydrogen) atoms. The van der Waals surface area contributed by atoms with Gasteiger partial charge in [-0.25, -0.2) is 8.78 Å². The van der Waals surface area contributed by atoms with Gasteiger partial charge >= 0.3 is 0 Å². The van der Waals surface area contributed by atoms with E-state index in [1.807, 2.05) is 0 Å². The van der Waals surface area contributed by atoms with Crippen LogP contribution in [0.1, 0.15) is 57.8 Å². The molecule has 210 valence electrons. The van der Waals surface area contributed by atoms with E-state index in [9.17, 15) is 23.2 Å². The van der Waals surface area contributed by atoms with Gasteiger partial charge in [0.2, 0.25) is 11.8 Å². The van der Waals surface area contributed by atoms with E-state index < -0.39 is 51.0 Å². The molecule has 5 fully saturated rings. The Labute approximate surface area is 242 Å². The molecule has 5 rings (SSSR count). The summed E-state index contributed by atoms with van der Waals surface area (Å²) in [6, 6.07) is 0. The van der Waals surface area contributed by atoms with Crippen molar-refractivity contribution in [3.63, 3.8) is 0 Å². The number of rotatable bonds is 8. The van der Waals surface area contributed by atoms with Crippen molar-refractivity contribution in [2.75, 3.05) is 13.2 Å². The minimum Gasteiger partial charge on any atom is -0.368 e. The second kappa shape index (κ2) is 12.2. The molecule has 2 N–H and O–H groups in total. The van der Waals surface area contributed by atoms with Crippen molar-refractivity contribution in [1.82, 2.24) is 10.6 Å².